The molecular formula is C29H44N4O6. The van der Waals surface area contributed by atoms with E-state index in [1.54, 1.807) is 4.90 Å². The number of fused-ring (bicyclic) bond motifs is 2. The van der Waals surface area contributed by atoms with E-state index < -0.39 is 29.6 Å². The van der Waals surface area contributed by atoms with Crippen LogP contribution in [0.4, 0.5) is 0 Å². The fourth-order valence-corrected chi connectivity index (χ4v) is 6.98. The number of morpholine rings is 1. The van der Waals surface area contributed by atoms with Crippen LogP contribution in [0.2, 0.25) is 0 Å². The van der Waals surface area contributed by atoms with E-state index in [4.69, 9.17) is 14.6 Å². The molecule has 39 heavy (non-hydrogen) atoms. The van der Waals surface area contributed by atoms with E-state index >= 15 is 0 Å². The van der Waals surface area contributed by atoms with Gasteiger partial charge in [0.1, 0.15) is 11.6 Å². The molecule has 10 heteroatoms. The minimum Gasteiger partial charge on any atom is -0.396 e. The Labute approximate surface area is 231 Å². The highest BCUT2D eigenvalue weighted by Gasteiger charge is 2.71. The molecule has 3 amide bonds. The van der Waals surface area contributed by atoms with E-state index in [0.717, 1.165) is 51.7 Å². The van der Waals surface area contributed by atoms with Crippen LogP contribution in [-0.2, 0) is 23.9 Å². The van der Waals surface area contributed by atoms with Gasteiger partial charge < -0.3 is 29.3 Å². The van der Waals surface area contributed by atoms with E-state index in [2.05, 4.69) is 4.90 Å². The topological polar surface area (TPSA) is 103 Å². The second kappa shape index (κ2) is 12.5. The highest BCUT2D eigenvalue weighted by atomic mass is 16.5. The number of aliphatic hydroxyl groups is 1. The molecule has 3 fully saturated rings. The molecule has 5 atom stereocenters. The average molecular weight is 545 g/mol. The number of amides is 3. The number of rotatable bonds is 11. The van der Waals surface area contributed by atoms with Crippen molar-refractivity contribution in [1.82, 2.24) is 19.6 Å². The molecule has 1 spiro atoms. The van der Waals surface area contributed by atoms with Crippen LogP contribution < -0.4 is 0 Å². The van der Waals surface area contributed by atoms with Crippen LogP contribution >= 0.6 is 0 Å². The number of ether oxygens (including phenoxy) is 2. The summed E-state index contributed by atoms with van der Waals surface area (Å²) in [6.45, 7) is 8.64. The smallest absolute Gasteiger partial charge is 0.249 e. The molecule has 0 saturated carbocycles. The lowest BCUT2D eigenvalue weighted by molar-refractivity contribution is -0.148. The largest absolute Gasteiger partial charge is 0.396 e. The fourth-order valence-electron chi connectivity index (χ4n) is 6.98. The van der Waals surface area contributed by atoms with Crippen molar-refractivity contribution in [1.29, 1.82) is 0 Å². The van der Waals surface area contributed by atoms with Crippen LogP contribution in [0.1, 0.15) is 39.0 Å². The van der Waals surface area contributed by atoms with E-state index in [-0.39, 0.29) is 24.3 Å². The lowest BCUT2D eigenvalue weighted by Crippen LogP contribution is -2.56. The van der Waals surface area contributed by atoms with Gasteiger partial charge in [-0.3, -0.25) is 19.3 Å². The zero-order valence-corrected chi connectivity index (χ0v) is 23.2. The Morgan fingerprint density at radius 3 is 2.41 bits per heavy atom. The van der Waals surface area contributed by atoms with Crippen molar-refractivity contribution in [2.24, 2.45) is 11.8 Å². The van der Waals surface area contributed by atoms with E-state index in [9.17, 15) is 14.4 Å². The summed E-state index contributed by atoms with van der Waals surface area (Å²) < 4.78 is 12.2. The van der Waals surface area contributed by atoms with Crippen molar-refractivity contribution in [2.45, 2.75) is 56.8 Å². The van der Waals surface area contributed by atoms with Gasteiger partial charge in [0.15, 0.2) is 0 Å². The lowest BCUT2D eigenvalue weighted by atomic mass is 9.77. The van der Waals surface area contributed by atoms with Crippen LogP contribution in [-0.4, -0.2) is 132 Å². The van der Waals surface area contributed by atoms with Crippen molar-refractivity contribution < 1.29 is 29.0 Å². The third-order valence-corrected chi connectivity index (χ3v) is 8.92. The number of unbranched alkanes of at least 4 members (excludes halogenated alkanes) is 3. The molecule has 5 rings (SSSR count). The predicted molar refractivity (Wildman–Crippen MR) is 145 cm³/mol. The second-order valence-corrected chi connectivity index (χ2v) is 11.4. The summed E-state index contributed by atoms with van der Waals surface area (Å²) in [5.41, 5.74) is -1.16. The SMILES string of the molecule is CCCN1CC=C[C@H]2O[C@]34C=CCN(CCN5CCOCC5)C(=O)C3N(CCCCCCO)C(=O)[C@@H]4[C@H]2C1=O. The third-order valence-electron chi connectivity index (χ3n) is 8.92. The van der Waals surface area contributed by atoms with E-state index in [0.29, 0.717) is 45.9 Å². The molecule has 216 valence electrons. The number of nitrogens with zero attached hydrogens (tertiary/aromatic N) is 4. The van der Waals surface area contributed by atoms with Gasteiger partial charge in [-0.2, -0.15) is 0 Å². The summed E-state index contributed by atoms with van der Waals surface area (Å²) in [5, 5.41) is 9.15. The van der Waals surface area contributed by atoms with E-state index in [1.807, 2.05) is 41.0 Å². The first kappa shape index (κ1) is 28.3. The molecular weight excluding hydrogens is 500 g/mol. The molecule has 0 aromatic carbocycles. The highest BCUT2D eigenvalue weighted by Crippen LogP contribution is 2.53. The zero-order valence-electron chi connectivity index (χ0n) is 23.2. The van der Waals surface area contributed by atoms with Gasteiger partial charge in [0.25, 0.3) is 0 Å². The maximum atomic E-state index is 14.3. The van der Waals surface area contributed by atoms with Crippen molar-refractivity contribution in [3.05, 3.63) is 24.3 Å². The monoisotopic (exact) mass is 544 g/mol. The summed E-state index contributed by atoms with van der Waals surface area (Å²) in [4.78, 5) is 50.0. The van der Waals surface area contributed by atoms with Crippen LogP contribution in [0.25, 0.3) is 0 Å². The molecule has 5 heterocycles. The molecule has 5 aliphatic rings. The molecule has 3 saturated heterocycles. The van der Waals surface area contributed by atoms with Crippen molar-refractivity contribution in [3.8, 4) is 0 Å². The van der Waals surface area contributed by atoms with Gasteiger partial charge in [0, 0.05) is 59.0 Å². The van der Waals surface area contributed by atoms with Gasteiger partial charge >= 0.3 is 0 Å². The predicted octanol–water partition coefficient (Wildman–Crippen LogP) is 0.659. The second-order valence-electron chi connectivity index (χ2n) is 11.4. The van der Waals surface area contributed by atoms with Gasteiger partial charge in [0.05, 0.1) is 31.2 Å². The van der Waals surface area contributed by atoms with Crippen LogP contribution in [0, 0.1) is 11.8 Å². The number of hydrogen-bond donors (Lipinski definition) is 1. The molecule has 0 aromatic rings. The van der Waals surface area contributed by atoms with Crippen LogP contribution in [0.3, 0.4) is 0 Å². The van der Waals surface area contributed by atoms with Crippen LogP contribution in [0.5, 0.6) is 0 Å². The number of likely N-dealkylation sites (tertiary alicyclic amines) is 1. The quantitative estimate of drug-likeness (QED) is 0.301. The minimum absolute atomic E-state index is 0.0557. The minimum atomic E-state index is -1.16. The molecule has 5 aliphatic heterocycles. The normalized spacial score (nSPS) is 32.9. The molecule has 0 bridgehead atoms. The summed E-state index contributed by atoms with van der Waals surface area (Å²) in [7, 11) is 0. The lowest BCUT2D eigenvalue weighted by Gasteiger charge is -2.36. The van der Waals surface area contributed by atoms with Crippen LogP contribution in [0.15, 0.2) is 24.3 Å². The Hall–Kier alpha value is -2.27. The first-order valence-electron chi connectivity index (χ1n) is 14.8. The Morgan fingerprint density at radius 2 is 1.64 bits per heavy atom. The Bertz CT molecular complexity index is 965. The van der Waals surface area contributed by atoms with Gasteiger partial charge in [-0.15, -0.1) is 0 Å². The van der Waals surface area contributed by atoms with E-state index in [1.165, 1.54) is 0 Å². The molecule has 0 aromatic heterocycles. The van der Waals surface area contributed by atoms with Gasteiger partial charge in [-0.25, -0.2) is 0 Å². The zero-order chi connectivity index (χ0) is 27.4. The summed E-state index contributed by atoms with van der Waals surface area (Å²) in [6, 6.07) is -0.788. The summed E-state index contributed by atoms with van der Waals surface area (Å²) >= 11 is 0. The average Bonchev–Trinajstić information content (AvgIpc) is 3.26. The highest BCUT2D eigenvalue weighted by molar-refractivity contribution is 5.99. The Kier molecular flexibility index (Phi) is 9.06. The number of hydrogen-bond acceptors (Lipinski definition) is 7. The Morgan fingerprint density at radius 1 is 0.897 bits per heavy atom. The third kappa shape index (κ3) is 5.40. The molecule has 1 N–H and O–H groups in total. The molecule has 1 unspecified atom stereocenters. The maximum Gasteiger partial charge on any atom is 0.249 e. The number of carbonyl (C=O) groups excluding carboxylic acids is 3. The van der Waals surface area contributed by atoms with Gasteiger partial charge in [-0.1, -0.05) is 44.1 Å². The summed E-state index contributed by atoms with van der Waals surface area (Å²) in [6.07, 6.45) is 11.3. The van der Waals surface area contributed by atoms with Crippen molar-refractivity contribution in [2.75, 3.05) is 72.2 Å². The van der Waals surface area contributed by atoms with Crippen molar-refractivity contribution in [3.63, 3.8) is 0 Å². The maximum absolute atomic E-state index is 14.3. The Balaban J connectivity index is 1.42. The standard InChI is InChI=1S/C29H44N4O6/c1-2-11-31-12-7-9-22-23(26(31)35)24-27(36)33(14-5-3-4-6-19-34)25-28(37)32(13-8-10-29(24,25)39-22)16-15-30-17-20-38-21-18-30/h7-10,22-25,34H,2-6,11-21H2,1H3/t22-,23+,24+,25?,29+/m1/s1. The molecule has 0 radical (unpaired) electrons. The van der Waals surface area contributed by atoms with Gasteiger partial charge in [0.2, 0.25) is 17.7 Å². The molecule has 10 nitrogen and oxygen atoms in total. The number of carbonyl (C=O) groups is 3. The van der Waals surface area contributed by atoms with Gasteiger partial charge in [-0.05, 0) is 19.3 Å². The summed E-state index contributed by atoms with van der Waals surface area (Å²) in [5.74, 6) is -1.67. The first-order valence-corrected chi connectivity index (χ1v) is 14.8. The van der Waals surface area contributed by atoms with Crippen molar-refractivity contribution >= 4 is 17.7 Å². The first-order chi connectivity index (χ1) is 19.0. The fraction of sp³-hybridized carbons (Fsp3) is 0.759. The molecule has 0 aliphatic carbocycles. The number of aliphatic hydroxyl groups excluding tert-OH is 1.